The second-order valence-corrected chi connectivity index (χ2v) is 5.14. The number of carbonyl (C=O) groups excluding carboxylic acids is 1. The van der Waals surface area contributed by atoms with Crippen molar-refractivity contribution in [1.82, 2.24) is 0 Å². The summed E-state index contributed by atoms with van der Waals surface area (Å²) < 4.78 is 39.7. The second-order valence-electron chi connectivity index (χ2n) is 5.14. The topological polar surface area (TPSA) is 26.3 Å². The summed E-state index contributed by atoms with van der Waals surface area (Å²) in [5.74, 6) is -0.664. The van der Waals surface area contributed by atoms with Gasteiger partial charge in [-0.25, -0.2) is 0 Å². The van der Waals surface area contributed by atoms with E-state index in [2.05, 4.69) is 11.7 Å². The van der Waals surface area contributed by atoms with Gasteiger partial charge in [-0.1, -0.05) is 58.8 Å². The van der Waals surface area contributed by atoms with E-state index in [-0.39, 0.29) is 12.3 Å². The van der Waals surface area contributed by atoms with Crippen molar-refractivity contribution in [2.45, 2.75) is 71.4 Å². The first-order valence-corrected chi connectivity index (χ1v) is 7.07. The van der Waals surface area contributed by atoms with Crippen LogP contribution >= 0.6 is 0 Å². The van der Waals surface area contributed by atoms with Crippen LogP contribution in [0.5, 0.6) is 0 Å². The lowest BCUT2D eigenvalue weighted by molar-refractivity contribution is -0.186. The van der Waals surface area contributed by atoms with Crippen LogP contribution in [-0.2, 0) is 9.53 Å². The molecule has 0 saturated carbocycles. The van der Waals surface area contributed by atoms with Gasteiger partial charge in [0, 0.05) is 6.42 Å². The molecule has 0 aliphatic carbocycles. The zero-order chi connectivity index (χ0) is 14.7. The maximum absolute atomic E-state index is 11.8. The minimum Gasteiger partial charge on any atom is -0.456 e. The molecule has 0 saturated heterocycles. The Kier molecular flexibility index (Phi) is 9.70. The van der Waals surface area contributed by atoms with Crippen molar-refractivity contribution in [2.75, 3.05) is 6.61 Å². The number of halogens is 3. The molecule has 0 aromatic carbocycles. The van der Waals surface area contributed by atoms with E-state index in [4.69, 9.17) is 0 Å². The van der Waals surface area contributed by atoms with Crippen LogP contribution in [0.15, 0.2) is 0 Å². The molecule has 0 heterocycles. The molecule has 19 heavy (non-hydrogen) atoms. The molecule has 0 aromatic heterocycles. The molecule has 0 bridgehead atoms. The third kappa shape index (κ3) is 13.5. The van der Waals surface area contributed by atoms with Crippen LogP contribution in [0, 0.1) is 5.92 Å². The Balaban J connectivity index is 3.52. The first-order chi connectivity index (χ1) is 8.85. The predicted molar refractivity (Wildman–Crippen MR) is 68.8 cm³/mol. The highest BCUT2D eigenvalue weighted by atomic mass is 19.4. The van der Waals surface area contributed by atoms with Gasteiger partial charge < -0.3 is 4.74 Å². The van der Waals surface area contributed by atoms with Gasteiger partial charge in [-0.15, -0.1) is 0 Å². The molecule has 0 aromatic rings. The predicted octanol–water partition coefficient (Wildman–Crippen LogP) is 4.87. The standard InChI is InChI=1S/C14H25F3O2/c1-3-4-5-6-7-8-9-12(2)10-13(18)19-11-14(15,16)17/h12H,3-11H2,1-2H3/t12-/m0/s1. The molecule has 0 amide bonds. The van der Waals surface area contributed by atoms with Crippen LogP contribution in [-0.4, -0.2) is 18.8 Å². The van der Waals surface area contributed by atoms with Gasteiger partial charge in [0.1, 0.15) is 0 Å². The average Bonchev–Trinajstić information content (AvgIpc) is 2.30. The van der Waals surface area contributed by atoms with Gasteiger partial charge in [0.2, 0.25) is 0 Å². The van der Waals surface area contributed by atoms with E-state index >= 15 is 0 Å². The fraction of sp³-hybridized carbons (Fsp3) is 0.929. The molecule has 0 fully saturated rings. The van der Waals surface area contributed by atoms with E-state index in [1.807, 2.05) is 6.92 Å². The molecule has 0 spiro atoms. The van der Waals surface area contributed by atoms with Crippen molar-refractivity contribution in [1.29, 1.82) is 0 Å². The molecule has 1 atom stereocenters. The highest BCUT2D eigenvalue weighted by Crippen LogP contribution is 2.18. The first-order valence-electron chi connectivity index (χ1n) is 7.07. The molecule has 0 N–H and O–H groups in total. The summed E-state index contributed by atoms with van der Waals surface area (Å²) in [5.41, 5.74) is 0. The Morgan fingerprint density at radius 2 is 1.68 bits per heavy atom. The van der Waals surface area contributed by atoms with Crippen LogP contribution in [0.3, 0.4) is 0 Å². The molecule has 2 nitrogen and oxygen atoms in total. The second kappa shape index (κ2) is 10.1. The van der Waals surface area contributed by atoms with Crippen molar-refractivity contribution in [3.63, 3.8) is 0 Å². The van der Waals surface area contributed by atoms with Gasteiger partial charge in [0.15, 0.2) is 6.61 Å². The van der Waals surface area contributed by atoms with Gasteiger partial charge in [-0.2, -0.15) is 13.2 Å². The number of alkyl halides is 3. The maximum atomic E-state index is 11.8. The summed E-state index contributed by atoms with van der Waals surface area (Å²) >= 11 is 0. The molecule has 0 rings (SSSR count). The van der Waals surface area contributed by atoms with Crippen molar-refractivity contribution in [3.8, 4) is 0 Å². The van der Waals surface area contributed by atoms with Crippen molar-refractivity contribution < 1.29 is 22.7 Å². The maximum Gasteiger partial charge on any atom is 0.422 e. The largest absolute Gasteiger partial charge is 0.456 e. The van der Waals surface area contributed by atoms with E-state index in [9.17, 15) is 18.0 Å². The number of rotatable bonds is 10. The van der Waals surface area contributed by atoms with E-state index in [1.165, 1.54) is 25.7 Å². The van der Waals surface area contributed by atoms with Crippen LogP contribution in [0.2, 0.25) is 0 Å². The normalized spacial score (nSPS) is 13.3. The Morgan fingerprint density at radius 1 is 1.11 bits per heavy atom. The minimum atomic E-state index is -4.43. The monoisotopic (exact) mass is 282 g/mol. The van der Waals surface area contributed by atoms with Crippen LogP contribution in [0.1, 0.15) is 65.2 Å². The molecular weight excluding hydrogens is 257 g/mol. The Hall–Kier alpha value is -0.740. The Labute approximate surface area is 113 Å². The fourth-order valence-corrected chi connectivity index (χ4v) is 1.88. The molecule has 0 unspecified atom stereocenters. The van der Waals surface area contributed by atoms with Gasteiger partial charge in [0.05, 0.1) is 0 Å². The molecule has 5 heteroatoms. The minimum absolute atomic E-state index is 0.0744. The summed E-state index contributed by atoms with van der Waals surface area (Å²) in [6.07, 6.45) is 3.55. The number of unbranched alkanes of at least 4 members (excludes halogenated alkanes) is 5. The quantitative estimate of drug-likeness (QED) is 0.422. The SMILES string of the molecule is CCCCCCCC[C@H](C)CC(=O)OCC(F)(F)F. The van der Waals surface area contributed by atoms with Crippen LogP contribution < -0.4 is 0 Å². The highest BCUT2D eigenvalue weighted by Gasteiger charge is 2.29. The van der Waals surface area contributed by atoms with Gasteiger partial charge in [-0.3, -0.25) is 4.79 Å². The van der Waals surface area contributed by atoms with Gasteiger partial charge >= 0.3 is 12.1 Å². The zero-order valence-corrected chi connectivity index (χ0v) is 11.9. The summed E-state index contributed by atoms with van der Waals surface area (Å²) in [6.45, 7) is 2.56. The number of hydrogen-bond donors (Lipinski definition) is 0. The van der Waals surface area contributed by atoms with E-state index < -0.39 is 18.8 Å². The fourth-order valence-electron chi connectivity index (χ4n) is 1.88. The molecule has 114 valence electrons. The van der Waals surface area contributed by atoms with E-state index in [1.54, 1.807) is 0 Å². The first kappa shape index (κ1) is 18.3. The van der Waals surface area contributed by atoms with Crippen molar-refractivity contribution >= 4 is 5.97 Å². The number of carbonyl (C=O) groups is 1. The summed E-state index contributed by atoms with van der Waals surface area (Å²) in [5, 5.41) is 0. The van der Waals surface area contributed by atoms with Gasteiger partial charge in [0.25, 0.3) is 0 Å². The third-order valence-corrected chi connectivity index (χ3v) is 2.96. The van der Waals surface area contributed by atoms with Crippen molar-refractivity contribution in [3.05, 3.63) is 0 Å². The molecule has 0 aliphatic heterocycles. The molecule has 0 radical (unpaired) electrons. The zero-order valence-electron chi connectivity index (χ0n) is 11.9. The lowest BCUT2D eigenvalue weighted by Crippen LogP contribution is -2.21. The van der Waals surface area contributed by atoms with Crippen LogP contribution in [0.4, 0.5) is 13.2 Å². The smallest absolute Gasteiger partial charge is 0.422 e. The highest BCUT2D eigenvalue weighted by molar-refractivity contribution is 5.69. The average molecular weight is 282 g/mol. The summed E-state index contributed by atoms with van der Waals surface area (Å²) in [4.78, 5) is 11.2. The lowest BCUT2D eigenvalue weighted by Gasteiger charge is -2.12. The molecule has 0 aliphatic rings. The van der Waals surface area contributed by atoms with E-state index in [0.29, 0.717) is 0 Å². The third-order valence-electron chi connectivity index (χ3n) is 2.96. The van der Waals surface area contributed by atoms with Gasteiger partial charge in [-0.05, 0) is 5.92 Å². The number of hydrogen-bond acceptors (Lipinski definition) is 2. The van der Waals surface area contributed by atoms with Crippen molar-refractivity contribution in [2.24, 2.45) is 5.92 Å². The summed E-state index contributed by atoms with van der Waals surface area (Å²) in [6, 6.07) is 0. The number of ether oxygens (including phenoxy) is 1. The van der Waals surface area contributed by atoms with Crippen LogP contribution in [0.25, 0.3) is 0 Å². The molecular formula is C14H25F3O2. The Morgan fingerprint density at radius 3 is 2.26 bits per heavy atom. The Bertz CT molecular complexity index is 239. The summed E-state index contributed by atoms with van der Waals surface area (Å²) in [7, 11) is 0. The van der Waals surface area contributed by atoms with E-state index in [0.717, 1.165) is 19.3 Å². The number of esters is 1. The lowest BCUT2D eigenvalue weighted by atomic mass is 9.99.